The third-order valence-electron chi connectivity index (χ3n) is 4.51. The number of halogens is 2. The number of hydrogen-bond acceptors (Lipinski definition) is 4. The Labute approximate surface area is 210 Å². The molecule has 2 amide bonds. The summed E-state index contributed by atoms with van der Waals surface area (Å²) in [6.45, 7) is 0.512. The molecular weight excluding hydrogens is 526 g/mol. The van der Waals surface area contributed by atoms with E-state index in [0.717, 1.165) is 12.0 Å². The number of benzene rings is 3. The van der Waals surface area contributed by atoms with Gasteiger partial charge in [-0.25, -0.2) is 0 Å². The van der Waals surface area contributed by atoms with Gasteiger partial charge in [0.15, 0.2) is 5.11 Å². The fraction of sp³-hybridized carbons (Fsp3) is 0.125. The van der Waals surface area contributed by atoms with Crippen LogP contribution in [0.2, 0.25) is 5.02 Å². The molecule has 0 heterocycles. The quantitative estimate of drug-likeness (QED) is 0.298. The molecule has 0 bridgehead atoms. The molecule has 3 rings (SSSR count). The van der Waals surface area contributed by atoms with Crippen LogP contribution in [0.4, 0.5) is 0 Å². The van der Waals surface area contributed by atoms with E-state index in [4.69, 9.17) is 28.6 Å². The van der Waals surface area contributed by atoms with Crippen molar-refractivity contribution in [3.05, 3.63) is 99.0 Å². The molecule has 3 aromatic carbocycles. The Morgan fingerprint density at radius 1 is 0.939 bits per heavy atom. The SMILES string of the molecule is O=C(Cc1ccc(Cl)cc1)NNC(=S)NC(=O)c1ccc(OCCc2ccccc2)c(Br)c1. The summed E-state index contributed by atoms with van der Waals surface area (Å²) in [5.74, 6) is -0.0951. The Hall–Kier alpha value is -2.94. The minimum absolute atomic E-state index is 0.0243. The molecule has 6 nitrogen and oxygen atoms in total. The van der Waals surface area contributed by atoms with Gasteiger partial charge in [-0.1, -0.05) is 54.1 Å². The van der Waals surface area contributed by atoms with Crippen LogP contribution in [-0.2, 0) is 17.6 Å². The second-order valence-corrected chi connectivity index (χ2v) is 8.69. The standard InChI is InChI=1S/C24H21BrClN3O3S/c25-20-15-18(8-11-21(20)32-13-12-16-4-2-1-3-5-16)23(31)27-24(33)29-28-22(30)14-17-6-9-19(26)10-7-17/h1-11,15H,12-14H2,(H,28,30)(H2,27,29,31,33). The van der Waals surface area contributed by atoms with Gasteiger partial charge in [0.25, 0.3) is 5.91 Å². The van der Waals surface area contributed by atoms with E-state index in [-0.39, 0.29) is 17.4 Å². The van der Waals surface area contributed by atoms with Crippen LogP contribution in [0, 0.1) is 0 Å². The molecule has 3 aromatic rings. The Morgan fingerprint density at radius 3 is 2.36 bits per heavy atom. The van der Waals surface area contributed by atoms with Gasteiger partial charge in [-0.05, 0) is 69.6 Å². The molecule has 0 unspecified atom stereocenters. The zero-order chi connectivity index (χ0) is 23.6. The van der Waals surface area contributed by atoms with Crippen LogP contribution in [0.1, 0.15) is 21.5 Å². The van der Waals surface area contributed by atoms with E-state index in [1.54, 1.807) is 42.5 Å². The first-order valence-electron chi connectivity index (χ1n) is 10.0. The number of hydrazine groups is 1. The van der Waals surface area contributed by atoms with Gasteiger partial charge in [-0.15, -0.1) is 0 Å². The van der Waals surface area contributed by atoms with Gasteiger partial charge in [0, 0.05) is 17.0 Å². The summed E-state index contributed by atoms with van der Waals surface area (Å²) in [5.41, 5.74) is 7.34. The minimum atomic E-state index is -0.420. The number of nitrogens with one attached hydrogen (secondary N) is 3. The third kappa shape index (κ3) is 8.16. The van der Waals surface area contributed by atoms with E-state index in [1.807, 2.05) is 30.3 Å². The van der Waals surface area contributed by atoms with Crippen LogP contribution in [0.25, 0.3) is 0 Å². The van der Waals surface area contributed by atoms with Gasteiger partial charge in [-0.3, -0.25) is 25.8 Å². The molecule has 33 heavy (non-hydrogen) atoms. The number of carbonyl (C=O) groups excluding carboxylic acids is 2. The van der Waals surface area contributed by atoms with Crippen molar-refractivity contribution in [1.82, 2.24) is 16.2 Å². The molecule has 0 aromatic heterocycles. The highest BCUT2D eigenvalue weighted by molar-refractivity contribution is 9.10. The van der Waals surface area contributed by atoms with Crippen LogP contribution in [-0.4, -0.2) is 23.5 Å². The number of hydrogen-bond donors (Lipinski definition) is 3. The molecule has 0 spiro atoms. The van der Waals surface area contributed by atoms with Crippen molar-refractivity contribution in [3.63, 3.8) is 0 Å². The van der Waals surface area contributed by atoms with E-state index in [1.165, 1.54) is 5.56 Å². The lowest BCUT2D eigenvalue weighted by Crippen LogP contribution is -2.48. The molecule has 0 fully saturated rings. The summed E-state index contributed by atoms with van der Waals surface area (Å²) in [4.78, 5) is 24.5. The average Bonchev–Trinajstić information content (AvgIpc) is 2.81. The van der Waals surface area contributed by atoms with Gasteiger partial charge in [0.05, 0.1) is 17.5 Å². The van der Waals surface area contributed by atoms with Crippen LogP contribution >= 0.6 is 39.7 Å². The lowest BCUT2D eigenvalue weighted by molar-refractivity contribution is -0.121. The largest absolute Gasteiger partial charge is 0.492 e. The van der Waals surface area contributed by atoms with E-state index in [2.05, 4.69) is 32.1 Å². The van der Waals surface area contributed by atoms with E-state index in [9.17, 15) is 9.59 Å². The first-order chi connectivity index (χ1) is 15.9. The second kappa shape index (κ2) is 12.3. The average molecular weight is 547 g/mol. The fourth-order valence-electron chi connectivity index (χ4n) is 2.85. The Morgan fingerprint density at radius 2 is 1.67 bits per heavy atom. The van der Waals surface area contributed by atoms with Crippen LogP contribution in [0.3, 0.4) is 0 Å². The zero-order valence-electron chi connectivity index (χ0n) is 17.4. The van der Waals surface area contributed by atoms with Crippen molar-refractivity contribution in [3.8, 4) is 5.75 Å². The fourth-order valence-corrected chi connectivity index (χ4v) is 3.61. The van der Waals surface area contributed by atoms with Crippen molar-refractivity contribution in [1.29, 1.82) is 0 Å². The Bertz CT molecular complexity index is 1130. The van der Waals surface area contributed by atoms with Crippen molar-refractivity contribution in [2.24, 2.45) is 0 Å². The van der Waals surface area contributed by atoms with Crippen molar-refractivity contribution in [2.75, 3.05) is 6.61 Å². The van der Waals surface area contributed by atoms with Crippen LogP contribution in [0.5, 0.6) is 5.75 Å². The predicted molar refractivity (Wildman–Crippen MR) is 136 cm³/mol. The maximum Gasteiger partial charge on any atom is 0.257 e. The predicted octanol–water partition coefficient (Wildman–Crippen LogP) is 4.60. The summed E-state index contributed by atoms with van der Waals surface area (Å²) < 4.78 is 6.46. The molecule has 170 valence electrons. The molecule has 0 aliphatic heterocycles. The van der Waals surface area contributed by atoms with E-state index in [0.29, 0.717) is 27.4 Å². The summed E-state index contributed by atoms with van der Waals surface area (Å²) in [6, 6.07) is 22.0. The molecule has 0 atom stereocenters. The number of rotatable bonds is 7. The van der Waals surface area contributed by atoms with Gasteiger partial charge in [-0.2, -0.15) is 0 Å². The van der Waals surface area contributed by atoms with Crippen molar-refractivity contribution in [2.45, 2.75) is 12.8 Å². The van der Waals surface area contributed by atoms with E-state index >= 15 is 0 Å². The molecule has 0 aliphatic carbocycles. The summed E-state index contributed by atoms with van der Waals surface area (Å²) in [7, 11) is 0. The highest BCUT2D eigenvalue weighted by Crippen LogP contribution is 2.26. The number of carbonyl (C=O) groups is 2. The first-order valence-corrected chi connectivity index (χ1v) is 11.6. The number of amides is 2. The number of thiocarbonyl (C=S) groups is 1. The molecule has 0 saturated heterocycles. The monoisotopic (exact) mass is 545 g/mol. The maximum absolute atomic E-state index is 12.5. The normalized spacial score (nSPS) is 10.2. The van der Waals surface area contributed by atoms with E-state index < -0.39 is 5.91 Å². The lowest BCUT2D eigenvalue weighted by Gasteiger charge is -2.12. The molecule has 0 aliphatic rings. The highest BCUT2D eigenvalue weighted by atomic mass is 79.9. The van der Waals surface area contributed by atoms with Crippen LogP contribution < -0.4 is 20.9 Å². The zero-order valence-corrected chi connectivity index (χ0v) is 20.6. The van der Waals surface area contributed by atoms with Crippen molar-refractivity contribution < 1.29 is 14.3 Å². The van der Waals surface area contributed by atoms with Gasteiger partial charge < -0.3 is 4.74 Å². The summed E-state index contributed by atoms with van der Waals surface area (Å²) in [5, 5.41) is 3.09. The smallest absolute Gasteiger partial charge is 0.257 e. The van der Waals surface area contributed by atoms with Gasteiger partial charge in [0.2, 0.25) is 5.91 Å². The molecule has 3 N–H and O–H groups in total. The summed E-state index contributed by atoms with van der Waals surface area (Å²) in [6.07, 6.45) is 0.915. The highest BCUT2D eigenvalue weighted by Gasteiger charge is 2.12. The lowest BCUT2D eigenvalue weighted by atomic mass is 10.1. The van der Waals surface area contributed by atoms with Gasteiger partial charge >= 0.3 is 0 Å². The third-order valence-corrected chi connectivity index (χ3v) is 5.58. The maximum atomic E-state index is 12.5. The topological polar surface area (TPSA) is 79.5 Å². The molecule has 0 radical (unpaired) electrons. The molecule has 9 heteroatoms. The number of ether oxygens (including phenoxy) is 1. The molecule has 0 saturated carbocycles. The second-order valence-electron chi connectivity index (χ2n) is 6.99. The summed E-state index contributed by atoms with van der Waals surface area (Å²) >= 11 is 14.3. The van der Waals surface area contributed by atoms with Crippen LogP contribution in [0.15, 0.2) is 77.3 Å². The Kier molecular flexibility index (Phi) is 9.24. The van der Waals surface area contributed by atoms with Crippen molar-refractivity contribution >= 4 is 56.7 Å². The first kappa shape index (κ1) is 24.7. The minimum Gasteiger partial charge on any atom is -0.492 e. The Balaban J connectivity index is 1.44. The van der Waals surface area contributed by atoms with Gasteiger partial charge in [0.1, 0.15) is 5.75 Å². The molecular formula is C24H21BrClN3O3S.